The molecule has 320 valence electrons. The summed E-state index contributed by atoms with van der Waals surface area (Å²) in [5.41, 5.74) is 2.78. The molecule has 4 amide bonds. The highest BCUT2D eigenvalue weighted by atomic mass is 32.1. The summed E-state index contributed by atoms with van der Waals surface area (Å²) in [5, 5.41) is 11.1. The van der Waals surface area contributed by atoms with E-state index >= 15 is 0 Å². The van der Waals surface area contributed by atoms with Gasteiger partial charge in [-0.1, -0.05) is 31.4 Å². The van der Waals surface area contributed by atoms with E-state index in [0.29, 0.717) is 64.4 Å². The van der Waals surface area contributed by atoms with Crippen LogP contribution in [-0.2, 0) is 39.9 Å². The molecule has 1 aliphatic carbocycles. The summed E-state index contributed by atoms with van der Waals surface area (Å²) < 4.78 is 18.9. The van der Waals surface area contributed by atoms with Crippen molar-refractivity contribution in [3.8, 4) is 0 Å². The van der Waals surface area contributed by atoms with Gasteiger partial charge in [0.1, 0.15) is 17.8 Å². The van der Waals surface area contributed by atoms with E-state index < -0.39 is 5.60 Å². The van der Waals surface area contributed by atoms with Gasteiger partial charge in [0.15, 0.2) is 0 Å². The zero-order chi connectivity index (χ0) is 41.9. The lowest BCUT2D eigenvalue weighted by atomic mass is 9.85. The van der Waals surface area contributed by atoms with E-state index in [1.165, 1.54) is 0 Å². The van der Waals surface area contributed by atoms with Gasteiger partial charge in [0.25, 0.3) is 5.91 Å². The van der Waals surface area contributed by atoms with Crippen LogP contribution in [-0.4, -0.2) is 91.9 Å². The van der Waals surface area contributed by atoms with E-state index in [4.69, 9.17) is 14.2 Å². The molecular weight excluding hydrogens is 759 g/mol. The number of aromatic nitrogens is 1. The van der Waals surface area contributed by atoms with Crippen molar-refractivity contribution in [1.29, 1.82) is 0 Å². The predicted octanol–water partition coefficient (Wildman–Crippen LogP) is 6.69. The maximum Gasteiger partial charge on any atom is 0.308 e. The Bertz CT molecular complexity index is 1770. The number of benzene rings is 1. The zero-order valence-corrected chi connectivity index (χ0v) is 36.0. The molecule has 14 heteroatoms. The number of hydrogen-bond donors (Lipinski definition) is 3. The van der Waals surface area contributed by atoms with Gasteiger partial charge >= 0.3 is 5.97 Å². The molecule has 2 aromatic heterocycles. The number of rotatable bonds is 24. The van der Waals surface area contributed by atoms with Crippen LogP contribution < -0.4 is 20.9 Å². The molecule has 2 heterocycles. The molecule has 3 aromatic rings. The Morgan fingerprint density at radius 3 is 2.29 bits per heavy atom. The maximum absolute atomic E-state index is 13.6. The lowest BCUT2D eigenvalue weighted by molar-refractivity contribution is -0.156. The Balaban J connectivity index is 1.03. The summed E-state index contributed by atoms with van der Waals surface area (Å²) in [6.07, 6.45) is 8.22. The number of thiophene rings is 1. The first-order chi connectivity index (χ1) is 27.8. The van der Waals surface area contributed by atoms with Gasteiger partial charge in [0.2, 0.25) is 17.7 Å². The molecule has 3 N–H and O–H groups in total. The molecule has 1 aliphatic rings. The molecule has 1 saturated carbocycles. The van der Waals surface area contributed by atoms with Crippen molar-refractivity contribution in [2.45, 2.75) is 123 Å². The molecule has 0 atom stereocenters. The normalized spacial score (nSPS) is 15.5. The third-order valence-corrected chi connectivity index (χ3v) is 11.0. The van der Waals surface area contributed by atoms with Gasteiger partial charge in [0.05, 0.1) is 43.1 Å². The van der Waals surface area contributed by atoms with Crippen LogP contribution in [0.15, 0.2) is 41.8 Å². The van der Waals surface area contributed by atoms with Gasteiger partial charge in [-0.25, -0.2) is 0 Å². The van der Waals surface area contributed by atoms with Crippen LogP contribution in [0.25, 0.3) is 10.2 Å². The second-order valence-electron chi connectivity index (χ2n) is 16.0. The third kappa shape index (κ3) is 15.8. The van der Waals surface area contributed by atoms with Crippen molar-refractivity contribution in [2.24, 2.45) is 5.92 Å². The minimum absolute atomic E-state index is 0.0118. The van der Waals surface area contributed by atoms with Gasteiger partial charge in [-0.15, -0.1) is 11.3 Å². The SMILES string of the molecule is CCN(C(=O)Cn1c(C(=O)N[C@H]2CC[C@H](C(=O)NCCCCCCCC(=O)NCCOCCOCCC(=O)OC(C)(C)C)CC2)cc2sccc21)c1cccc(C)c1. The quantitative estimate of drug-likeness (QED) is 0.0667. The summed E-state index contributed by atoms with van der Waals surface area (Å²) in [4.78, 5) is 65.6. The lowest BCUT2D eigenvalue weighted by Crippen LogP contribution is -2.42. The van der Waals surface area contributed by atoms with Gasteiger partial charge in [0, 0.05) is 43.7 Å². The highest BCUT2D eigenvalue weighted by Gasteiger charge is 2.29. The lowest BCUT2D eigenvalue weighted by Gasteiger charge is -2.28. The molecule has 1 fully saturated rings. The number of hydrogen-bond acceptors (Lipinski definition) is 9. The second-order valence-corrected chi connectivity index (χ2v) is 17.0. The van der Waals surface area contributed by atoms with Crippen molar-refractivity contribution in [2.75, 3.05) is 51.0 Å². The van der Waals surface area contributed by atoms with Gasteiger partial charge in [-0.2, -0.15) is 0 Å². The van der Waals surface area contributed by atoms with Crippen LogP contribution in [0.4, 0.5) is 5.69 Å². The molecular formula is C44H65N5O8S. The fourth-order valence-electron chi connectivity index (χ4n) is 7.13. The van der Waals surface area contributed by atoms with Gasteiger partial charge in [-0.05, 0) is 108 Å². The summed E-state index contributed by atoms with van der Waals surface area (Å²) in [5.74, 6) is -0.524. The first kappa shape index (κ1) is 46.4. The number of likely N-dealkylation sites (N-methyl/N-ethyl adjacent to an activating group) is 1. The minimum atomic E-state index is -0.499. The summed E-state index contributed by atoms with van der Waals surface area (Å²) >= 11 is 1.55. The molecule has 0 unspecified atom stereocenters. The van der Waals surface area contributed by atoms with E-state index in [9.17, 15) is 24.0 Å². The molecule has 1 aromatic carbocycles. The number of carbonyl (C=O) groups is 5. The Morgan fingerprint density at radius 1 is 0.845 bits per heavy atom. The van der Waals surface area contributed by atoms with Crippen molar-refractivity contribution < 1.29 is 38.2 Å². The third-order valence-electron chi connectivity index (χ3n) is 10.1. The molecule has 4 rings (SSSR count). The average molecular weight is 824 g/mol. The number of fused-ring (bicyclic) bond motifs is 1. The van der Waals surface area contributed by atoms with Crippen LogP contribution in [0.2, 0.25) is 0 Å². The van der Waals surface area contributed by atoms with E-state index in [2.05, 4.69) is 16.0 Å². The van der Waals surface area contributed by atoms with Gasteiger partial charge in [-0.3, -0.25) is 24.0 Å². The number of amides is 4. The minimum Gasteiger partial charge on any atom is -0.460 e. The molecule has 0 spiro atoms. The molecule has 58 heavy (non-hydrogen) atoms. The number of ether oxygens (including phenoxy) is 3. The number of esters is 1. The largest absolute Gasteiger partial charge is 0.460 e. The average Bonchev–Trinajstić information content (AvgIpc) is 3.77. The van der Waals surface area contributed by atoms with Crippen molar-refractivity contribution >= 4 is 56.8 Å². The number of nitrogens with zero attached hydrogens (tertiary/aromatic N) is 2. The Morgan fingerprint density at radius 2 is 1.57 bits per heavy atom. The number of nitrogens with one attached hydrogen (secondary N) is 3. The van der Waals surface area contributed by atoms with Crippen LogP contribution in [0, 0.1) is 12.8 Å². The number of aryl methyl sites for hydroxylation is 1. The Kier molecular flexibility index (Phi) is 19.2. The highest BCUT2D eigenvalue weighted by molar-refractivity contribution is 7.17. The first-order valence-electron chi connectivity index (χ1n) is 21.0. The monoisotopic (exact) mass is 823 g/mol. The predicted molar refractivity (Wildman–Crippen MR) is 228 cm³/mol. The van der Waals surface area contributed by atoms with E-state index in [0.717, 1.165) is 66.4 Å². The number of anilines is 1. The zero-order valence-electron chi connectivity index (χ0n) is 35.2. The van der Waals surface area contributed by atoms with Crippen LogP contribution in [0.5, 0.6) is 0 Å². The number of unbranched alkanes of at least 4 members (excludes halogenated alkanes) is 4. The summed E-state index contributed by atoms with van der Waals surface area (Å²) in [7, 11) is 0. The van der Waals surface area contributed by atoms with E-state index in [1.807, 2.05) is 81.0 Å². The fourth-order valence-corrected chi connectivity index (χ4v) is 7.95. The van der Waals surface area contributed by atoms with Crippen molar-refractivity contribution in [1.82, 2.24) is 20.5 Å². The highest BCUT2D eigenvalue weighted by Crippen LogP contribution is 2.28. The Hall–Kier alpha value is -4.27. The van der Waals surface area contributed by atoms with Crippen LogP contribution >= 0.6 is 11.3 Å². The summed E-state index contributed by atoms with van der Waals surface area (Å²) in [6.45, 7) is 12.6. The fraction of sp³-hybridized carbons (Fsp3) is 0.614. The summed E-state index contributed by atoms with van der Waals surface area (Å²) in [6, 6.07) is 11.7. The maximum atomic E-state index is 13.6. The Labute approximate surface area is 347 Å². The molecule has 0 aliphatic heterocycles. The van der Waals surface area contributed by atoms with Crippen molar-refractivity contribution in [3.05, 3.63) is 53.0 Å². The standard InChI is InChI=1S/C44H65N5O8S/c1-6-48(35-14-12-13-32(2)29-35)40(51)31-49-36-21-28-58-38(36)30-37(49)43(54)47-34-18-16-33(17-19-34)42(53)46-22-11-9-7-8-10-15-39(50)45-23-25-56-27-26-55-24-20-41(52)57-44(3,4)5/h12-14,21,28-30,33-34H,6-11,15-20,22-27,31H2,1-5H3,(H,45,50)(H,46,53)(H,47,54)/t33-,34-. The topological polar surface area (TPSA) is 157 Å². The first-order valence-corrected chi connectivity index (χ1v) is 21.9. The van der Waals surface area contributed by atoms with Gasteiger partial charge < -0.3 is 39.6 Å². The number of carbonyl (C=O) groups excluding carboxylic acids is 5. The van der Waals surface area contributed by atoms with E-state index in [1.54, 1.807) is 16.2 Å². The molecule has 0 saturated heterocycles. The molecule has 0 radical (unpaired) electrons. The van der Waals surface area contributed by atoms with Crippen molar-refractivity contribution in [3.63, 3.8) is 0 Å². The second kappa shape index (κ2) is 24.0. The van der Waals surface area contributed by atoms with E-state index in [-0.39, 0.29) is 61.1 Å². The van der Waals surface area contributed by atoms with Crippen LogP contribution in [0.3, 0.4) is 0 Å². The van der Waals surface area contributed by atoms with Crippen LogP contribution in [0.1, 0.15) is 114 Å². The smallest absolute Gasteiger partial charge is 0.308 e. The molecule has 13 nitrogen and oxygen atoms in total. The molecule has 0 bridgehead atoms.